The van der Waals surface area contributed by atoms with Gasteiger partial charge in [0.2, 0.25) is 5.95 Å². The lowest BCUT2D eigenvalue weighted by atomic mass is 10.2. The molecule has 100 valence electrons. The number of hydrogen-bond acceptors (Lipinski definition) is 5. The van der Waals surface area contributed by atoms with Gasteiger partial charge in [-0.05, 0) is 19.4 Å². The second kappa shape index (κ2) is 6.15. The summed E-state index contributed by atoms with van der Waals surface area (Å²) in [6.07, 6.45) is 0. The Morgan fingerprint density at radius 3 is 2.58 bits per heavy atom. The third-order valence-corrected chi connectivity index (χ3v) is 2.89. The van der Waals surface area contributed by atoms with Crippen molar-refractivity contribution in [3.05, 3.63) is 47.7 Å². The predicted molar refractivity (Wildman–Crippen MR) is 77.7 cm³/mol. The maximum atomic E-state index is 5.39. The fourth-order valence-electron chi connectivity index (χ4n) is 1.94. The van der Waals surface area contributed by atoms with E-state index in [4.69, 9.17) is 5.84 Å². The highest BCUT2D eigenvalue weighted by Gasteiger charge is 2.09. The van der Waals surface area contributed by atoms with E-state index in [0.29, 0.717) is 5.95 Å². The number of nitrogen functional groups attached to an aromatic ring is 1. The Morgan fingerprint density at radius 1 is 1.21 bits per heavy atom. The van der Waals surface area contributed by atoms with E-state index in [1.54, 1.807) is 0 Å². The molecule has 19 heavy (non-hydrogen) atoms. The summed E-state index contributed by atoms with van der Waals surface area (Å²) < 4.78 is 0. The van der Waals surface area contributed by atoms with E-state index in [1.165, 1.54) is 5.56 Å². The molecule has 1 aromatic heterocycles. The number of benzene rings is 1. The minimum absolute atomic E-state index is 0.446. The van der Waals surface area contributed by atoms with Crippen LogP contribution in [-0.4, -0.2) is 16.5 Å². The molecule has 5 heteroatoms. The van der Waals surface area contributed by atoms with Gasteiger partial charge in [-0.2, -0.15) is 4.98 Å². The Hall–Kier alpha value is -2.14. The van der Waals surface area contributed by atoms with E-state index in [2.05, 4.69) is 39.4 Å². The Morgan fingerprint density at radius 2 is 1.95 bits per heavy atom. The normalized spacial score (nSPS) is 10.3. The molecule has 5 nitrogen and oxygen atoms in total. The third-order valence-electron chi connectivity index (χ3n) is 2.89. The lowest BCUT2D eigenvalue weighted by Gasteiger charge is -2.22. The molecule has 1 heterocycles. The Kier molecular flexibility index (Phi) is 4.30. The molecule has 0 atom stereocenters. The van der Waals surface area contributed by atoms with Crippen molar-refractivity contribution in [2.45, 2.75) is 20.4 Å². The summed E-state index contributed by atoms with van der Waals surface area (Å²) >= 11 is 0. The van der Waals surface area contributed by atoms with Gasteiger partial charge in [-0.25, -0.2) is 10.8 Å². The summed E-state index contributed by atoms with van der Waals surface area (Å²) in [5, 5.41) is 0. The largest absolute Gasteiger partial charge is 0.352 e. The number of nitrogens with zero attached hydrogens (tertiary/aromatic N) is 3. The summed E-state index contributed by atoms with van der Waals surface area (Å²) in [6, 6.07) is 12.3. The molecule has 0 unspecified atom stereocenters. The number of rotatable bonds is 5. The summed E-state index contributed by atoms with van der Waals surface area (Å²) in [4.78, 5) is 10.8. The van der Waals surface area contributed by atoms with Crippen LogP contribution in [0.3, 0.4) is 0 Å². The lowest BCUT2D eigenvalue weighted by molar-refractivity contribution is 0.808. The molecule has 0 amide bonds. The van der Waals surface area contributed by atoms with Crippen LogP contribution in [0.5, 0.6) is 0 Å². The van der Waals surface area contributed by atoms with Crippen molar-refractivity contribution in [1.82, 2.24) is 9.97 Å². The summed E-state index contributed by atoms with van der Waals surface area (Å²) in [6.45, 7) is 5.73. The van der Waals surface area contributed by atoms with Crippen molar-refractivity contribution >= 4 is 11.8 Å². The zero-order valence-electron chi connectivity index (χ0n) is 11.3. The van der Waals surface area contributed by atoms with Crippen molar-refractivity contribution in [3.8, 4) is 0 Å². The maximum absolute atomic E-state index is 5.39. The molecular weight excluding hydrogens is 238 g/mol. The number of nitrogens with one attached hydrogen (secondary N) is 1. The van der Waals surface area contributed by atoms with Crippen LogP contribution in [0.1, 0.15) is 18.2 Å². The molecule has 2 rings (SSSR count). The van der Waals surface area contributed by atoms with Crippen LogP contribution in [0.15, 0.2) is 36.4 Å². The zero-order valence-corrected chi connectivity index (χ0v) is 11.3. The number of aromatic nitrogens is 2. The van der Waals surface area contributed by atoms with E-state index >= 15 is 0 Å². The topological polar surface area (TPSA) is 67.1 Å². The number of hydrazine groups is 1. The molecule has 0 spiro atoms. The Labute approximate surface area is 113 Å². The molecular formula is C14H19N5. The highest BCUT2D eigenvalue weighted by atomic mass is 15.3. The average Bonchev–Trinajstić information content (AvgIpc) is 2.45. The molecule has 0 radical (unpaired) electrons. The van der Waals surface area contributed by atoms with Gasteiger partial charge >= 0.3 is 0 Å². The quantitative estimate of drug-likeness (QED) is 0.634. The van der Waals surface area contributed by atoms with Gasteiger partial charge in [0.25, 0.3) is 0 Å². The molecule has 0 saturated heterocycles. The molecule has 0 bridgehead atoms. The first-order valence-electron chi connectivity index (χ1n) is 6.34. The molecule has 0 fully saturated rings. The van der Waals surface area contributed by atoms with Gasteiger partial charge in [0, 0.05) is 24.8 Å². The van der Waals surface area contributed by atoms with E-state index in [0.717, 1.165) is 24.6 Å². The van der Waals surface area contributed by atoms with Gasteiger partial charge < -0.3 is 4.90 Å². The predicted octanol–water partition coefficient (Wildman–Crippen LogP) is 2.10. The lowest BCUT2D eigenvalue weighted by Crippen LogP contribution is -2.24. The van der Waals surface area contributed by atoms with E-state index in [9.17, 15) is 0 Å². The van der Waals surface area contributed by atoms with Crippen LogP contribution in [0, 0.1) is 6.92 Å². The number of nitrogens with two attached hydrogens (primary N) is 1. The van der Waals surface area contributed by atoms with E-state index < -0.39 is 0 Å². The molecule has 1 aromatic carbocycles. The van der Waals surface area contributed by atoms with Crippen molar-refractivity contribution in [1.29, 1.82) is 0 Å². The summed E-state index contributed by atoms with van der Waals surface area (Å²) in [5.74, 6) is 6.72. The smallest absolute Gasteiger partial charge is 0.239 e. The third kappa shape index (κ3) is 3.42. The summed E-state index contributed by atoms with van der Waals surface area (Å²) in [7, 11) is 0. The standard InChI is InChI=1S/C14H19N5/c1-3-19(10-12-7-5-4-6-8-12)13-9-11(2)16-14(17-13)18-15/h4-9H,3,10,15H2,1-2H3,(H,16,17,18). The number of hydrogen-bond donors (Lipinski definition) is 2. The van der Waals surface area contributed by atoms with Gasteiger partial charge in [0.05, 0.1) is 0 Å². The van der Waals surface area contributed by atoms with Gasteiger partial charge in [-0.3, -0.25) is 5.43 Å². The minimum Gasteiger partial charge on any atom is -0.352 e. The fraction of sp³-hybridized carbons (Fsp3) is 0.286. The molecule has 2 aromatic rings. The highest BCUT2D eigenvalue weighted by molar-refractivity contribution is 5.45. The van der Waals surface area contributed by atoms with Crippen LogP contribution < -0.4 is 16.2 Å². The monoisotopic (exact) mass is 257 g/mol. The number of anilines is 2. The highest BCUT2D eigenvalue weighted by Crippen LogP contribution is 2.17. The van der Waals surface area contributed by atoms with Crippen LogP contribution in [0.2, 0.25) is 0 Å². The van der Waals surface area contributed by atoms with Crippen LogP contribution in [0.4, 0.5) is 11.8 Å². The Balaban J connectivity index is 2.24. The first-order chi connectivity index (χ1) is 9.22. The van der Waals surface area contributed by atoms with Crippen molar-refractivity contribution in [2.75, 3.05) is 16.9 Å². The molecule has 0 aliphatic carbocycles. The second-order valence-corrected chi connectivity index (χ2v) is 4.34. The van der Waals surface area contributed by atoms with Crippen LogP contribution in [-0.2, 0) is 6.54 Å². The van der Waals surface area contributed by atoms with E-state index in [-0.39, 0.29) is 0 Å². The van der Waals surface area contributed by atoms with Crippen LogP contribution in [0.25, 0.3) is 0 Å². The average molecular weight is 257 g/mol. The van der Waals surface area contributed by atoms with Gasteiger partial charge in [0.15, 0.2) is 0 Å². The molecule has 0 aliphatic rings. The summed E-state index contributed by atoms with van der Waals surface area (Å²) in [5.41, 5.74) is 4.65. The first kappa shape index (κ1) is 13.3. The first-order valence-corrected chi connectivity index (χ1v) is 6.34. The van der Waals surface area contributed by atoms with Gasteiger partial charge in [-0.15, -0.1) is 0 Å². The van der Waals surface area contributed by atoms with Gasteiger partial charge in [0.1, 0.15) is 5.82 Å². The molecule has 3 N–H and O–H groups in total. The second-order valence-electron chi connectivity index (χ2n) is 4.34. The van der Waals surface area contributed by atoms with Gasteiger partial charge in [-0.1, -0.05) is 30.3 Å². The van der Waals surface area contributed by atoms with E-state index in [1.807, 2.05) is 31.2 Å². The molecule has 0 aliphatic heterocycles. The molecule has 0 saturated carbocycles. The maximum Gasteiger partial charge on any atom is 0.239 e. The SMILES string of the molecule is CCN(Cc1ccccc1)c1cc(C)nc(NN)n1. The zero-order chi connectivity index (χ0) is 13.7. The van der Waals surface area contributed by atoms with Crippen LogP contribution >= 0.6 is 0 Å². The van der Waals surface area contributed by atoms with Crippen molar-refractivity contribution < 1.29 is 0 Å². The Bertz CT molecular complexity index is 527. The minimum atomic E-state index is 0.446. The fourth-order valence-corrected chi connectivity index (χ4v) is 1.94. The van der Waals surface area contributed by atoms with Crippen molar-refractivity contribution in [2.24, 2.45) is 5.84 Å². The number of aryl methyl sites for hydroxylation is 1. The van der Waals surface area contributed by atoms with Crippen molar-refractivity contribution in [3.63, 3.8) is 0 Å².